The number of halogens is 5. The smallest absolute Gasteiger partial charge is 0.449 e. The first-order valence-electron chi connectivity index (χ1n) is 9.27. The zero-order valence-corrected chi connectivity index (χ0v) is 14.2. The highest BCUT2D eigenvalue weighted by Crippen LogP contribution is 2.69. The first kappa shape index (κ1) is 17.8. The molecule has 4 fully saturated rings. The van der Waals surface area contributed by atoms with Gasteiger partial charge in [0.1, 0.15) is 6.10 Å². The fraction of sp³-hybridized carbons (Fsp3) is 0.833. The van der Waals surface area contributed by atoms with Gasteiger partial charge in [-0.15, -0.1) is 0 Å². The predicted octanol–water partition coefficient (Wildman–Crippen LogP) is 3.20. The van der Waals surface area contributed by atoms with Crippen molar-refractivity contribution in [2.75, 3.05) is 0 Å². The molecule has 0 aromatic heterocycles. The predicted molar refractivity (Wildman–Crippen MR) is 79.3 cm³/mol. The van der Waals surface area contributed by atoms with E-state index in [1.165, 1.54) is 0 Å². The van der Waals surface area contributed by atoms with Crippen LogP contribution in [0.15, 0.2) is 12.2 Å². The average molecular weight is 394 g/mol. The highest BCUT2D eigenvalue weighted by Gasteiger charge is 2.91. The lowest BCUT2D eigenvalue weighted by molar-refractivity contribution is -0.415. The van der Waals surface area contributed by atoms with Crippen LogP contribution in [-0.2, 0) is 14.3 Å². The van der Waals surface area contributed by atoms with Crippen LogP contribution in [0.2, 0.25) is 0 Å². The van der Waals surface area contributed by atoms with Crippen LogP contribution in [-0.4, -0.2) is 40.7 Å². The largest absolute Gasteiger partial charge is 0.449 e. The molecule has 1 N–H and O–H groups in total. The summed E-state index contributed by atoms with van der Waals surface area (Å²) in [6.45, 7) is 0. The Hall–Kier alpha value is -1.22. The van der Waals surface area contributed by atoms with Gasteiger partial charge in [0.2, 0.25) is 5.60 Å². The quantitative estimate of drug-likeness (QED) is 0.444. The summed E-state index contributed by atoms with van der Waals surface area (Å²) >= 11 is 0. The van der Waals surface area contributed by atoms with Crippen molar-refractivity contribution in [2.24, 2.45) is 29.6 Å². The summed E-state index contributed by atoms with van der Waals surface area (Å²) in [7, 11) is 0. The van der Waals surface area contributed by atoms with Gasteiger partial charge in [-0.1, -0.05) is 12.2 Å². The molecule has 0 radical (unpaired) electrons. The van der Waals surface area contributed by atoms with E-state index in [0.717, 1.165) is 6.42 Å². The molecule has 1 heterocycles. The number of carbonyl (C=O) groups is 1. The fourth-order valence-electron chi connectivity index (χ4n) is 6.15. The van der Waals surface area contributed by atoms with Gasteiger partial charge in [-0.3, -0.25) is 4.79 Å². The number of rotatable bonds is 2. The zero-order chi connectivity index (χ0) is 19.4. The van der Waals surface area contributed by atoms with Crippen molar-refractivity contribution in [3.63, 3.8) is 0 Å². The molecule has 5 aliphatic rings. The molecule has 4 nitrogen and oxygen atoms in total. The molecular weight excluding hydrogens is 375 g/mol. The lowest BCUT2D eigenvalue weighted by atomic mass is 9.76. The molecule has 0 aromatic rings. The molecule has 5 rings (SSSR count). The molecule has 0 amide bonds. The van der Waals surface area contributed by atoms with Gasteiger partial charge in [0.05, 0.1) is 5.92 Å². The summed E-state index contributed by atoms with van der Waals surface area (Å²) in [6, 6.07) is 0. The van der Waals surface area contributed by atoms with Crippen LogP contribution < -0.4 is 0 Å². The van der Waals surface area contributed by atoms with Crippen molar-refractivity contribution < 1.29 is 41.3 Å². The molecule has 0 aromatic carbocycles. The standard InChI is InChI=1S/C18H19F5O4/c19-16(20)15(27-14(24)12-6-8-1-2-9(12)5-8)11-4-3-10(7-11)13(15)26-17(16,25)18(21,22)23/h1-2,8-13,25H,3-7H2. The zero-order valence-electron chi connectivity index (χ0n) is 14.2. The maximum absolute atomic E-state index is 15.2. The Balaban J connectivity index is 1.53. The van der Waals surface area contributed by atoms with Crippen LogP contribution in [0.5, 0.6) is 0 Å². The molecule has 4 bridgehead atoms. The summed E-state index contributed by atoms with van der Waals surface area (Å²) in [6.07, 6.45) is -1.56. The Kier molecular flexibility index (Phi) is 3.33. The van der Waals surface area contributed by atoms with E-state index in [1.54, 1.807) is 0 Å². The van der Waals surface area contributed by atoms with Crippen molar-refractivity contribution in [2.45, 2.75) is 61.7 Å². The molecule has 1 saturated heterocycles. The van der Waals surface area contributed by atoms with Crippen LogP contribution in [0.25, 0.3) is 0 Å². The van der Waals surface area contributed by atoms with E-state index < -0.39 is 53.3 Å². The van der Waals surface area contributed by atoms with Gasteiger partial charge in [-0.2, -0.15) is 22.0 Å². The van der Waals surface area contributed by atoms with E-state index in [0.29, 0.717) is 12.8 Å². The average Bonchev–Trinajstić information content (AvgIpc) is 3.35. The Morgan fingerprint density at radius 1 is 1.15 bits per heavy atom. The fourth-order valence-corrected chi connectivity index (χ4v) is 6.15. The Labute approximate surface area is 151 Å². The van der Waals surface area contributed by atoms with Gasteiger partial charge in [-0.25, -0.2) is 0 Å². The molecule has 150 valence electrons. The maximum atomic E-state index is 15.2. The number of alkyl halides is 5. The number of ether oxygens (including phenoxy) is 2. The Morgan fingerprint density at radius 2 is 1.89 bits per heavy atom. The minimum Gasteiger partial charge on any atom is -0.449 e. The van der Waals surface area contributed by atoms with E-state index >= 15 is 8.78 Å². The molecule has 9 heteroatoms. The lowest BCUT2D eigenvalue weighted by Crippen LogP contribution is -2.66. The third-order valence-electron chi connectivity index (χ3n) is 7.38. The minimum atomic E-state index is -5.71. The first-order valence-corrected chi connectivity index (χ1v) is 9.27. The second kappa shape index (κ2) is 5.03. The van der Waals surface area contributed by atoms with Crippen LogP contribution in [0, 0.1) is 29.6 Å². The van der Waals surface area contributed by atoms with Crippen LogP contribution >= 0.6 is 0 Å². The number of fused-ring (bicyclic) bond motifs is 7. The molecule has 27 heavy (non-hydrogen) atoms. The van der Waals surface area contributed by atoms with Gasteiger partial charge in [-0.05, 0) is 49.9 Å². The van der Waals surface area contributed by atoms with Crippen molar-refractivity contribution in [3.8, 4) is 0 Å². The number of aliphatic hydroxyl groups is 1. The lowest BCUT2D eigenvalue weighted by Gasteiger charge is -2.42. The highest BCUT2D eigenvalue weighted by molar-refractivity contribution is 5.75. The van der Waals surface area contributed by atoms with Gasteiger partial charge in [0.15, 0.2) is 0 Å². The molecule has 8 atom stereocenters. The summed E-state index contributed by atoms with van der Waals surface area (Å²) in [4.78, 5) is 12.7. The van der Waals surface area contributed by atoms with E-state index in [1.807, 2.05) is 12.2 Å². The number of carbonyl (C=O) groups excluding carboxylic acids is 1. The van der Waals surface area contributed by atoms with Gasteiger partial charge in [0.25, 0.3) is 0 Å². The number of hydrogen-bond donors (Lipinski definition) is 1. The van der Waals surface area contributed by atoms with E-state index in [2.05, 4.69) is 4.74 Å². The monoisotopic (exact) mass is 394 g/mol. The summed E-state index contributed by atoms with van der Waals surface area (Å²) < 4.78 is 80.4. The second-order valence-corrected chi connectivity index (χ2v) is 8.63. The summed E-state index contributed by atoms with van der Waals surface area (Å²) in [5, 5.41) is 9.87. The van der Waals surface area contributed by atoms with Crippen molar-refractivity contribution in [3.05, 3.63) is 12.2 Å². The van der Waals surface area contributed by atoms with Gasteiger partial charge < -0.3 is 14.6 Å². The van der Waals surface area contributed by atoms with E-state index in [-0.39, 0.29) is 24.7 Å². The topological polar surface area (TPSA) is 55.8 Å². The normalized spacial score (nSPS) is 51.8. The summed E-state index contributed by atoms with van der Waals surface area (Å²) in [5.41, 5.74) is -2.76. The molecular formula is C18H19F5O4. The molecule has 1 aliphatic heterocycles. The number of allylic oxidation sites excluding steroid dienone is 2. The SMILES string of the molecule is O=C(OC12C3CCC(C3)C1OC(O)(C(F)(F)F)C2(F)F)C1CC2C=CC1C2. The Bertz CT molecular complexity index is 721. The Morgan fingerprint density at radius 3 is 2.48 bits per heavy atom. The minimum absolute atomic E-state index is 0.131. The van der Waals surface area contributed by atoms with E-state index in [9.17, 15) is 23.1 Å². The third-order valence-corrected chi connectivity index (χ3v) is 7.38. The van der Waals surface area contributed by atoms with Crippen LogP contribution in [0.3, 0.4) is 0 Å². The van der Waals surface area contributed by atoms with Gasteiger partial charge in [0, 0.05) is 5.92 Å². The second-order valence-electron chi connectivity index (χ2n) is 8.63. The van der Waals surface area contributed by atoms with Crippen LogP contribution in [0.4, 0.5) is 22.0 Å². The first-order chi connectivity index (χ1) is 12.5. The van der Waals surface area contributed by atoms with Crippen molar-refractivity contribution in [1.82, 2.24) is 0 Å². The number of esters is 1. The van der Waals surface area contributed by atoms with Gasteiger partial charge >= 0.3 is 23.9 Å². The summed E-state index contributed by atoms with van der Waals surface area (Å²) in [5.74, 6) is -12.5. The highest BCUT2D eigenvalue weighted by atomic mass is 19.4. The van der Waals surface area contributed by atoms with E-state index in [4.69, 9.17) is 4.74 Å². The number of hydrogen-bond acceptors (Lipinski definition) is 4. The molecule has 8 unspecified atom stereocenters. The maximum Gasteiger partial charge on any atom is 0.449 e. The third kappa shape index (κ3) is 1.92. The van der Waals surface area contributed by atoms with Crippen molar-refractivity contribution >= 4 is 5.97 Å². The van der Waals surface area contributed by atoms with Crippen molar-refractivity contribution in [1.29, 1.82) is 0 Å². The van der Waals surface area contributed by atoms with Crippen LogP contribution in [0.1, 0.15) is 32.1 Å². The molecule has 4 aliphatic carbocycles. The molecule has 0 spiro atoms. The molecule has 3 saturated carbocycles.